The predicted molar refractivity (Wildman–Crippen MR) is 85.1 cm³/mol. The Morgan fingerprint density at radius 1 is 1.17 bits per heavy atom. The van der Waals surface area contributed by atoms with Gasteiger partial charge >= 0.3 is 0 Å². The lowest BCUT2D eigenvalue weighted by molar-refractivity contribution is 0.102. The van der Waals surface area contributed by atoms with Crippen molar-refractivity contribution in [3.63, 3.8) is 0 Å². The third-order valence-electron chi connectivity index (χ3n) is 3.08. The summed E-state index contributed by atoms with van der Waals surface area (Å²) in [5, 5.41) is 10.4. The number of anilines is 1. The predicted octanol–water partition coefficient (Wildman–Crippen LogP) is 2.58. The number of aromatic nitrogens is 4. The number of nitrogens with one attached hydrogen (secondary N) is 1. The number of carbonyl (C=O) groups excluding carboxylic acids is 1. The van der Waals surface area contributed by atoms with Crippen LogP contribution in [0.3, 0.4) is 0 Å². The van der Waals surface area contributed by atoms with Crippen LogP contribution in [-0.4, -0.2) is 32.8 Å². The Balaban J connectivity index is 1.91. The number of hydrogen-bond acceptors (Lipinski definition) is 5. The molecule has 8 heteroatoms. The number of nitrogens with zero attached hydrogens (tertiary/aromatic N) is 4. The van der Waals surface area contributed by atoms with E-state index in [1.807, 2.05) is 6.07 Å². The zero-order valence-electron chi connectivity index (χ0n) is 12.1. The third-order valence-corrected chi connectivity index (χ3v) is 3.39. The number of rotatable bonds is 4. The van der Waals surface area contributed by atoms with Crippen LogP contribution in [0.1, 0.15) is 10.5 Å². The van der Waals surface area contributed by atoms with E-state index in [4.69, 9.17) is 16.3 Å². The molecular formula is C15H12ClN5O2. The van der Waals surface area contributed by atoms with Crippen molar-refractivity contribution in [3.05, 3.63) is 59.8 Å². The summed E-state index contributed by atoms with van der Waals surface area (Å²) < 4.78 is 6.79. The van der Waals surface area contributed by atoms with E-state index >= 15 is 0 Å². The van der Waals surface area contributed by atoms with Gasteiger partial charge in [0, 0.05) is 0 Å². The number of pyridine rings is 1. The Kier molecular flexibility index (Phi) is 4.20. The first kappa shape index (κ1) is 15.0. The molecular weight excluding hydrogens is 318 g/mol. The maximum absolute atomic E-state index is 12.5. The number of para-hydroxylation sites is 2. The summed E-state index contributed by atoms with van der Waals surface area (Å²) in [7, 11) is 1.53. The summed E-state index contributed by atoms with van der Waals surface area (Å²) >= 11 is 6.10. The van der Waals surface area contributed by atoms with Crippen LogP contribution >= 0.6 is 11.6 Å². The Labute approximate surface area is 136 Å². The number of benzene rings is 1. The maximum atomic E-state index is 12.5. The highest BCUT2D eigenvalue weighted by atomic mass is 35.5. The van der Waals surface area contributed by atoms with Gasteiger partial charge < -0.3 is 10.1 Å². The molecule has 2 aromatic heterocycles. The molecule has 0 aliphatic carbocycles. The molecule has 0 bridgehead atoms. The zero-order valence-corrected chi connectivity index (χ0v) is 12.9. The van der Waals surface area contributed by atoms with Crippen LogP contribution in [0.25, 0.3) is 5.82 Å². The van der Waals surface area contributed by atoms with Gasteiger partial charge in [0.1, 0.15) is 29.9 Å². The normalized spacial score (nSPS) is 10.3. The molecule has 3 aromatic rings. The first-order chi connectivity index (χ1) is 11.2. The fraction of sp³-hybridized carbons (Fsp3) is 0.0667. The SMILES string of the molecule is COc1ccccc1NC(=O)c1nc(-n2cnnc2)ccc1Cl. The number of methoxy groups -OCH3 is 1. The quantitative estimate of drug-likeness (QED) is 0.795. The smallest absolute Gasteiger partial charge is 0.276 e. The molecule has 0 saturated carbocycles. The van der Waals surface area contributed by atoms with E-state index in [2.05, 4.69) is 20.5 Å². The summed E-state index contributed by atoms with van der Waals surface area (Å²) in [5.74, 6) is 0.603. The molecule has 2 heterocycles. The van der Waals surface area contributed by atoms with E-state index < -0.39 is 5.91 Å². The highest BCUT2D eigenvalue weighted by molar-refractivity contribution is 6.34. The van der Waals surface area contributed by atoms with E-state index in [0.717, 1.165) is 0 Å². The highest BCUT2D eigenvalue weighted by Gasteiger charge is 2.15. The van der Waals surface area contributed by atoms with Gasteiger partial charge in [0.15, 0.2) is 0 Å². The summed E-state index contributed by atoms with van der Waals surface area (Å²) in [5.41, 5.74) is 0.636. The Hall–Kier alpha value is -2.93. The summed E-state index contributed by atoms with van der Waals surface area (Å²) in [6, 6.07) is 10.4. The van der Waals surface area contributed by atoms with Crippen molar-refractivity contribution in [1.29, 1.82) is 0 Å². The van der Waals surface area contributed by atoms with Crippen LogP contribution in [-0.2, 0) is 0 Å². The molecule has 0 atom stereocenters. The molecule has 1 amide bonds. The molecule has 1 N–H and O–H groups in total. The van der Waals surface area contributed by atoms with Crippen LogP contribution < -0.4 is 10.1 Å². The van der Waals surface area contributed by atoms with Crippen molar-refractivity contribution >= 4 is 23.2 Å². The first-order valence-electron chi connectivity index (χ1n) is 6.65. The van der Waals surface area contributed by atoms with Gasteiger partial charge in [0.05, 0.1) is 17.8 Å². The molecule has 23 heavy (non-hydrogen) atoms. The van der Waals surface area contributed by atoms with Crippen molar-refractivity contribution < 1.29 is 9.53 Å². The van der Waals surface area contributed by atoms with E-state index in [1.165, 1.54) is 19.8 Å². The van der Waals surface area contributed by atoms with Gasteiger partial charge in [-0.25, -0.2) is 4.98 Å². The number of ether oxygens (including phenoxy) is 1. The topological polar surface area (TPSA) is 81.9 Å². The lowest BCUT2D eigenvalue weighted by atomic mass is 10.2. The molecule has 0 saturated heterocycles. The first-order valence-corrected chi connectivity index (χ1v) is 7.03. The van der Waals surface area contributed by atoms with Crippen molar-refractivity contribution in [2.45, 2.75) is 0 Å². The van der Waals surface area contributed by atoms with E-state index in [-0.39, 0.29) is 10.7 Å². The van der Waals surface area contributed by atoms with Crippen LogP contribution in [0, 0.1) is 0 Å². The molecule has 0 unspecified atom stereocenters. The molecule has 0 fully saturated rings. The second-order valence-corrected chi connectivity index (χ2v) is 4.93. The standard InChI is InChI=1S/C15H12ClN5O2/c1-23-12-5-3-2-4-11(12)19-15(22)14-10(16)6-7-13(20-14)21-8-17-18-9-21/h2-9H,1H3,(H,19,22). The second kappa shape index (κ2) is 6.45. The average Bonchev–Trinajstić information content (AvgIpc) is 3.10. The minimum Gasteiger partial charge on any atom is -0.495 e. The molecule has 116 valence electrons. The minimum absolute atomic E-state index is 0.101. The van der Waals surface area contributed by atoms with Gasteiger partial charge in [-0.2, -0.15) is 0 Å². The van der Waals surface area contributed by atoms with Crippen molar-refractivity contribution in [1.82, 2.24) is 19.7 Å². The van der Waals surface area contributed by atoms with Crippen molar-refractivity contribution in [2.24, 2.45) is 0 Å². The van der Waals surface area contributed by atoms with E-state index in [1.54, 1.807) is 34.9 Å². The number of amides is 1. The molecule has 0 aliphatic heterocycles. The third kappa shape index (κ3) is 3.14. The molecule has 0 radical (unpaired) electrons. The molecule has 3 rings (SSSR count). The maximum Gasteiger partial charge on any atom is 0.276 e. The lowest BCUT2D eigenvalue weighted by Gasteiger charge is -2.11. The minimum atomic E-state index is -0.436. The largest absolute Gasteiger partial charge is 0.495 e. The fourth-order valence-corrected chi connectivity index (χ4v) is 2.17. The van der Waals surface area contributed by atoms with Crippen LogP contribution in [0.5, 0.6) is 5.75 Å². The highest BCUT2D eigenvalue weighted by Crippen LogP contribution is 2.25. The van der Waals surface area contributed by atoms with Crippen LogP contribution in [0.2, 0.25) is 5.02 Å². The fourth-order valence-electron chi connectivity index (χ4n) is 1.98. The number of hydrogen-bond donors (Lipinski definition) is 1. The molecule has 0 spiro atoms. The zero-order chi connectivity index (χ0) is 16.2. The monoisotopic (exact) mass is 329 g/mol. The van der Waals surface area contributed by atoms with Gasteiger partial charge in [0.25, 0.3) is 5.91 Å². The summed E-state index contributed by atoms with van der Waals surface area (Å²) in [4.78, 5) is 16.7. The van der Waals surface area contributed by atoms with Gasteiger partial charge in [-0.15, -0.1) is 10.2 Å². The van der Waals surface area contributed by atoms with Crippen molar-refractivity contribution in [2.75, 3.05) is 12.4 Å². The van der Waals surface area contributed by atoms with Gasteiger partial charge in [0.2, 0.25) is 0 Å². The Morgan fingerprint density at radius 3 is 2.65 bits per heavy atom. The van der Waals surface area contributed by atoms with Gasteiger partial charge in [-0.3, -0.25) is 9.36 Å². The van der Waals surface area contributed by atoms with E-state index in [9.17, 15) is 4.79 Å². The molecule has 0 aliphatic rings. The number of carbonyl (C=O) groups is 1. The second-order valence-electron chi connectivity index (χ2n) is 4.52. The van der Waals surface area contributed by atoms with Crippen LogP contribution in [0.15, 0.2) is 49.1 Å². The molecule has 1 aromatic carbocycles. The average molecular weight is 330 g/mol. The van der Waals surface area contributed by atoms with Gasteiger partial charge in [-0.1, -0.05) is 23.7 Å². The summed E-state index contributed by atoms with van der Waals surface area (Å²) in [6.07, 6.45) is 2.97. The number of halogens is 1. The Morgan fingerprint density at radius 2 is 1.91 bits per heavy atom. The lowest BCUT2D eigenvalue weighted by Crippen LogP contribution is -2.16. The summed E-state index contributed by atoms with van der Waals surface area (Å²) in [6.45, 7) is 0. The van der Waals surface area contributed by atoms with Crippen molar-refractivity contribution in [3.8, 4) is 11.6 Å². The van der Waals surface area contributed by atoms with Crippen LogP contribution in [0.4, 0.5) is 5.69 Å². The van der Waals surface area contributed by atoms with E-state index in [0.29, 0.717) is 17.3 Å². The Bertz CT molecular complexity index is 836. The van der Waals surface area contributed by atoms with Gasteiger partial charge in [-0.05, 0) is 24.3 Å². The molecule has 7 nitrogen and oxygen atoms in total.